The van der Waals surface area contributed by atoms with Gasteiger partial charge in [0.05, 0.1) is 0 Å². The van der Waals surface area contributed by atoms with Crippen LogP contribution in [0.4, 0.5) is 0 Å². The third-order valence-corrected chi connectivity index (χ3v) is 16.6. The largest absolute Gasteiger partial charge is 0.0465 e. The summed E-state index contributed by atoms with van der Waals surface area (Å²) in [5.74, 6) is 21.0. The van der Waals surface area contributed by atoms with Gasteiger partial charge in [-0.2, -0.15) is 0 Å². The van der Waals surface area contributed by atoms with E-state index in [1.54, 1.807) is 25.7 Å². The van der Waals surface area contributed by atoms with Gasteiger partial charge in [-0.05, 0) is 142 Å². The fourth-order valence-electron chi connectivity index (χ4n) is 18.3. The molecule has 13 aliphatic rings. The molecule has 20 atom stereocenters. The van der Waals surface area contributed by atoms with Gasteiger partial charge in [0.2, 0.25) is 0 Å². The van der Waals surface area contributed by atoms with E-state index in [-0.39, 0.29) is 0 Å². The molecule has 24 heavy (non-hydrogen) atoms. The molecule has 0 aromatic rings. The van der Waals surface area contributed by atoms with Crippen LogP contribution in [0.5, 0.6) is 0 Å². The third kappa shape index (κ3) is 0.361. The number of hydrogen-bond acceptors (Lipinski definition) is 0. The predicted molar refractivity (Wildman–Crippen MR) is 84.0 cm³/mol. The lowest BCUT2D eigenvalue weighted by Crippen LogP contribution is -3.25. The minimum absolute atomic E-state index is 1.08. The third-order valence-electron chi connectivity index (χ3n) is 16.6. The molecule has 0 aliphatic heterocycles. The highest BCUT2D eigenvalue weighted by Gasteiger charge is 3.25. The Morgan fingerprint density at radius 3 is 1.38 bits per heavy atom. The van der Waals surface area contributed by atoms with E-state index in [1.807, 2.05) is 0 Å². The highest BCUT2D eigenvalue weighted by molar-refractivity contribution is 5.71. The van der Waals surface area contributed by atoms with Crippen molar-refractivity contribution in [2.45, 2.75) is 25.7 Å². The van der Waals surface area contributed by atoms with Gasteiger partial charge in [0.25, 0.3) is 0 Å². The molecule has 13 saturated carbocycles. The summed E-state index contributed by atoms with van der Waals surface area (Å²) in [5, 5.41) is 0. The second-order valence-corrected chi connectivity index (χ2v) is 13.9. The highest BCUT2D eigenvalue weighted by atomic mass is 15.3. The molecule has 0 bridgehead atoms. The maximum Gasteiger partial charge on any atom is -0.00937 e. The summed E-state index contributed by atoms with van der Waals surface area (Å²) >= 11 is 0. The normalized spacial score (nSPS) is 108. The molecule has 13 aliphatic carbocycles. The lowest BCUT2D eigenvalue weighted by molar-refractivity contribution is -0.820. The Bertz CT molecular complexity index is 866. The van der Waals surface area contributed by atoms with Crippen molar-refractivity contribution < 1.29 is 0 Å². The summed E-state index contributed by atoms with van der Waals surface area (Å²) in [6, 6.07) is 0. The molecule has 0 saturated heterocycles. The molecule has 0 nitrogen and oxygen atoms in total. The number of fused-ring (bicyclic) bond motifs is 8. The van der Waals surface area contributed by atoms with Crippen LogP contribution in [0.1, 0.15) is 25.7 Å². The van der Waals surface area contributed by atoms with Gasteiger partial charge in [-0.1, -0.05) is 0 Å². The van der Waals surface area contributed by atoms with Crippen LogP contribution in [0.3, 0.4) is 0 Å². The van der Waals surface area contributed by atoms with E-state index in [0.29, 0.717) is 0 Å². The van der Waals surface area contributed by atoms with Crippen molar-refractivity contribution in [2.24, 2.45) is 116 Å². The smallest absolute Gasteiger partial charge is 0.00937 e. The number of rotatable bonds is 0. The molecule has 13 fully saturated rings. The van der Waals surface area contributed by atoms with Gasteiger partial charge in [0.1, 0.15) is 0 Å². The van der Waals surface area contributed by atoms with Crippen LogP contribution < -0.4 is 0 Å². The zero-order chi connectivity index (χ0) is 14.1. The fourth-order valence-corrected chi connectivity index (χ4v) is 18.3. The average molecular weight is 312 g/mol. The minimum atomic E-state index is 1.08. The lowest BCUT2D eigenvalue weighted by Gasteiger charge is -3.28. The summed E-state index contributed by atoms with van der Waals surface area (Å²) in [4.78, 5) is 0. The summed E-state index contributed by atoms with van der Waals surface area (Å²) in [6.45, 7) is 0. The van der Waals surface area contributed by atoms with E-state index in [0.717, 1.165) is 21.7 Å². The van der Waals surface area contributed by atoms with Gasteiger partial charge in [-0.25, -0.2) is 0 Å². The fraction of sp³-hybridized carbons (Fsp3) is 1.00. The first-order valence-corrected chi connectivity index (χ1v) is 11.9. The molecule has 0 amide bonds. The molecular weight excluding hydrogens is 288 g/mol. The van der Waals surface area contributed by atoms with Gasteiger partial charge in [0.15, 0.2) is 0 Å². The molecule has 0 radical (unpaired) electrons. The molecule has 0 N–H and O–H groups in total. The molecule has 0 aromatic carbocycles. The maximum absolute atomic E-state index is 1.75. The van der Waals surface area contributed by atoms with Crippen molar-refractivity contribution in [3.8, 4) is 0 Å². The molecular formula is C24H24. The van der Waals surface area contributed by atoms with Gasteiger partial charge in [-0.15, -0.1) is 0 Å². The average Bonchev–Trinajstić information content (AvgIpc) is 2.45. The summed E-state index contributed by atoms with van der Waals surface area (Å²) in [6.07, 6.45) is 6.97. The second-order valence-electron chi connectivity index (χ2n) is 13.9. The predicted octanol–water partition coefficient (Wildman–Crippen LogP) is 3.53. The SMILES string of the molecule is C1C2C3CC4C3C2C1C1C2C3CC5C6CC7C8C4C4C1C21C53C67C841. The van der Waals surface area contributed by atoms with Crippen molar-refractivity contribution >= 4 is 0 Å². The molecule has 120 valence electrons. The lowest BCUT2D eigenvalue weighted by atomic mass is 8.76. The van der Waals surface area contributed by atoms with E-state index in [2.05, 4.69) is 0 Å². The molecule has 4 spiro atoms. The first-order valence-electron chi connectivity index (χ1n) is 11.9. The number of hydrogen-bond donors (Lipinski definition) is 0. The Labute approximate surface area is 142 Å². The van der Waals surface area contributed by atoms with Gasteiger partial charge in [0, 0.05) is 0 Å². The molecule has 13 rings (SSSR count). The van der Waals surface area contributed by atoms with Crippen LogP contribution in [-0.2, 0) is 0 Å². The second kappa shape index (κ2) is 1.93. The van der Waals surface area contributed by atoms with Gasteiger partial charge < -0.3 is 0 Å². The molecule has 0 heterocycles. The summed E-state index contributed by atoms with van der Waals surface area (Å²) in [5.41, 5.74) is 4.34. The Kier molecular flexibility index (Phi) is 0.787. The first-order chi connectivity index (χ1) is 11.9. The summed E-state index contributed by atoms with van der Waals surface area (Å²) < 4.78 is 0. The van der Waals surface area contributed by atoms with Crippen LogP contribution in [-0.4, -0.2) is 0 Å². The van der Waals surface area contributed by atoms with E-state index in [4.69, 9.17) is 0 Å². The Balaban J connectivity index is 1.17. The molecule has 0 heteroatoms. The Hall–Kier alpha value is 0. The minimum Gasteiger partial charge on any atom is -0.0465 e. The topological polar surface area (TPSA) is 0 Å². The van der Waals surface area contributed by atoms with Crippen molar-refractivity contribution in [2.75, 3.05) is 0 Å². The maximum atomic E-state index is 1.75. The van der Waals surface area contributed by atoms with Crippen molar-refractivity contribution in [1.82, 2.24) is 0 Å². The zero-order valence-corrected chi connectivity index (χ0v) is 14.1. The molecule has 0 aromatic heterocycles. The van der Waals surface area contributed by atoms with Crippen molar-refractivity contribution in [3.05, 3.63) is 0 Å². The van der Waals surface area contributed by atoms with Crippen LogP contribution in [0.2, 0.25) is 0 Å². The van der Waals surface area contributed by atoms with Gasteiger partial charge >= 0.3 is 0 Å². The Morgan fingerprint density at radius 2 is 0.875 bits per heavy atom. The van der Waals surface area contributed by atoms with E-state index >= 15 is 0 Å². The Morgan fingerprint density at radius 1 is 0.375 bits per heavy atom. The van der Waals surface area contributed by atoms with E-state index in [9.17, 15) is 0 Å². The van der Waals surface area contributed by atoms with Crippen molar-refractivity contribution in [3.63, 3.8) is 0 Å². The van der Waals surface area contributed by atoms with Crippen LogP contribution in [0.25, 0.3) is 0 Å². The summed E-state index contributed by atoms with van der Waals surface area (Å²) in [7, 11) is 0. The van der Waals surface area contributed by atoms with E-state index in [1.165, 1.54) is 94.7 Å². The molecule has 20 unspecified atom stereocenters. The highest BCUT2D eigenvalue weighted by Crippen LogP contribution is 3.28. The van der Waals surface area contributed by atoms with E-state index < -0.39 is 0 Å². The quantitative estimate of drug-likeness (QED) is 0.642. The zero-order valence-electron chi connectivity index (χ0n) is 14.1. The standard InChI is InChI=1S/C24H24/c1-5-6-2-8-14(6)13(5)7(1)15-17-11-3-9-10-4-12-18-16(8)20-19(15)23(17)21(9,11)22(10,12)24(18,20)23/h5-20H,1-4H2. The van der Waals surface area contributed by atoms with Crippen LogP contribution in [0, 0.1) is 116 Å². The monoisotopic (exact) mass is 312 g/mol. The van der Waals surface area contributed by atoms with Gasteiger partial charge in [-0.3, -0.25) is 0 Å². The van der Waals surface area contributed by atoms with Crippen LogP contribution >= 0.6 is 0 Å². The first kappa shape index (κ1) is 9.80. The van der Waals surface area contributed by atoms with Crippen LogP contribution in [0.15, 0.2) is 0 Å². The van der Waals surface area contributed by atoms with Crippen molar-refractivity contribution in [1.29, 1.82) is 0 Å².